The van der Waals surface area contributed by atoms with E-state index in [1.807, 2.05) is 24.3 Å². The number of H-pyrrole nitrogens is 1. The Balaban J connectivity index is 1.47. The van der Waals surface area contributed by atoms with Crippen molar-refractivity contribution in [1.29, 1.82) is 0 Å². The Morgan fingerprint density at radius 3 is 2.62 bits per heavy atom. The van der Waals surface area contributed by atoms with Crippen molar-refractivity contribution in [2.24, 2.45) is 5.92 Å². The fourth-order valence-corrected chi connectivity index (χ4v) is 3.54. The summed E-state index contributed by atoms with van der Waals surface area (Å²) in [5, 5.41) is 10.7. The number of pyridine rings is 1. The van der Waals surface area contributed by atoms with Gasteiger partial charge in [-0.05, 0) is 37.8 Å². The molecule has 6 nitrogen and oxygen atoms in total. The number of hydrogen-bond donors (Lipinski definition) is 2. The van der Waals surface area contributed by atoms with Gasteiger partial charge < -0.3 is 24.3 Å². The summed E-state index contributed by atoms with van der Waals surface area (Å²) < 4.78 is 17.1. The smallest absolute Gasteiger partial charge is 0.192 e. The number of rotatable bonds is 6. The minimum atomic E-state index is -0.00524. The molecule has 0 amide bonds. The van der Waals surface area contributed by atoms with E-state index >= 15 is 0 Å². The molecular weight excluding hydrogens is 370 g/mol. The summed E-state index contributed by atoms with van der Waals surface area (Å²) in [4.78, 5) is 15.8. The van der Waals surface area contributed by atoms with Gasteiger partial charge in [-0.25, -0.2) is 0 Å². The van der Waals surface area contributed by atoms with Crippen LogP contribution < -0.4 is 14.9 Å². The molecule has 1 aromatic heterocycles. The van der Waals surface area contributed by atoms with E-state index in [-0.39, 0.29) is 17.8 Å². The molecular formula is C23H25NO5. The molecule has 1 saturated heterocycles. The van der Waals surface area contributed by atoms with Crippen LogP contribution in [0.5, 0.6) is 17.2 Å². The molecule has 0 unspecified atom stereocenters. The van der Waals surface area contributed by atoms with E-state index < -0.39 is 0 Å². The van der Waals surface area contributed by atoms with Crippen LogP contribution in [0, 0.1) is 12.8 Å². The van der Waals surface area contributed by atoms with E-state index in [0.29, 0.717) is 40.7 Å². The Morgan fingerprint density at radius 1 is 1.10 bits per heavy atom. The summed E-state index contributed by atoms with van der Waals surface area (Å²) in [7, 11) is 0. The van der Waals surface area contributed by atoms with Gasteiger partial charge in [-0.3, -0.25) is 4.79 Å². The van der Waals surface area contributed by atoms with Gasteiger partial charge in [0, 0.05) is 47.9 Å². The van der Waals surface area contributed by atoms with Crippen molar-refractivity contribution in [3.8, 4) is 17.2 Å². The molecule has 152 valence electrons. The van der Waals surface area contributed by atoms with Crippen LogP contribution in [0.15, 0.2) is 47.3 Å². The second-order valence-electron chi connectivity index (χ2n) is 7.42. The Kier molecular flexibility index (Phi) is 5.71. The summed E-state index contributed by atoms with van der Waals surface area (Å²) in [6, 6.07) is 12.3. The van der Waals surface area contributed by atoms with Gasteiger partial charge in [-0.2, -0.15) is 0 Å². The molecule has 0 radical (unpaired) electrons. The third-order valence-corrected chi connectivity index (χ3v) is 5.33. The Morgan fingerprint density at radius 2 is 1.83 bits per heavy atom. The molecule has 4 rings (SSSR count). The number of para-hydroxylation sites is 1. The summed E-state index contributed by atoms with van der Waals surface area (Å²) in [6.07, 6.45) is 1.97. The lowest BCUT2D eigenvalue weighted by Gasteiger charge is -2.22. The number of phenolic OH excluding ortho intramolecular Hbond substituents is 1. The number of fused-ring (bicyclic) bond motifs is 1. The first kappa shape index (κ1) is 19.3. The van der Waals surface area contributed by atoms with Gasteiger partial charge in [0.15, 0.2) is 5.43 Å². The lowest BCUT2D eigenvalue weighted by molar-refractivity contribution is 0.0497. The number of ether oxygens (including phenoxy) is 3. The lowest BCUT2D eigenvalue weighted by Crippen LogP contribution is -2.21. The van der Waals surface area contributed by atoms with Crippen LogP contribution in [-0.2, 0) is 11.3 Å². The molecule has 1 aliphatic rings. The SMILES string of the molecule is Cc1c(COc2cc(O)cc(OCC3CCOCC3)c2)[nH]c2ccccc2c1=O. The lowest BCUT2D eigenvalue weighted by atomic mass is 10.0. The summed E-state index contributed by atoms with van der Waals surface area (Å²) >= 11 is 0. The topological polar surface area (TPSA) is 80.8 Å². The predicted molar refractivity (Wildman–Crippen MR) is 111 cm³/mol. The van der Waals surface area contributed by atoms with Crippen LogP contribution >= 0.6 is 0 Å². The van der Waals surface area contributed by atoms with Gasteiger partial charge in [-0.1, -0.05) is 12.1 Å². The monoisotopic (exact) mass is 395 g/mol. The van der Waals surface area contributed by atoms with Crippen molar-refractivity contribution < 1.29 is 19.3 Å². The highest BCUT2D eigenvalue weighted by Gasteiger charge is 2.15. The van der Waals surface area contributed by atoms with Crippen molar-refractivity contribution in [3.05, 3.63) is 63.9 Å². The molecule has 2 aromatic carbocycles. The number of hydrogen-bond acceptors (Lipinski definition) is 5. The summed E-state index contributed by atoms with van der Waals surface area (Å²) in [5.74, 6) is 1.59. The minimum absolute atomic E-state index is 0.00524. The number of aromatic nitrogens is 1. The number of nitrogens with one attached hydrogen (secondary N) is 1. The van der Waals surface area contributed by atoms with E-state index in [1.165, 1.54) is 6.07 Å². The average Bonchev–Trinajstić information content (AvgIpc) is 2.74. The maximum atomic E-state index is 12.6. The van der Waals surface area contributed by atoms with E-state index in [2.05, 4.69) is 4.98 Å². The van der Waals surface area contributed by atoms with Crippen LogP contribution in [0.3, 0.4) is 0 Å². The fraction of sp³-hybridized carbons (Fsp3) is 0.348. The number of phenols is 1. The van der Waals surface area contributed by atoms with Crippen molar-refractivity contribution in [3.63, 3.8) is 0 Å². The molecule has 0 atom stereocenters. The Bertz CT molecular complexity index is 1050. The maximum absolute atomic E-state index is 12.6. The second kappa shape index (κ2) is 8.57. The van der Waals surface area contributed by atoms with Crippen LogP contribution in [-0.4, -0.2) is 29.9 Å². The maximum Gasteiger partial charge on any atom is 0.192 e. The van der Waals surface area contributed by atoms with Gasteiger partial charge in [0.1, 0.15) is 23.9 Å². The number of aromatic amines is 1. The zero-order chi connectivity index (χ0) is 20.2. The van der Waals surface area contributed by atoms with Gasteiger partial charge in [-0.15, -0.1) is 0 Å². The molecule has 2 N–H and O–H groups in total. The van der Waals surface area contributed by atoms with Crippen LogP contribution in [0.25, 0.3) is 10.9 Å². The van der Waals surface area contributed by atoms with Gasteiger partial charge in [0.05, 0.1) is 12.3 Å². The van der Waals surface area contributed by atoms with Crippen molar-refractivity contribution in [1.82, 2.24) is 4.98 Å². The van der Waals surface area contributed by atoms with Crippen LogP contribution in [0.2, 0.25) is 0 Å². The first-order valence-electron chi connectivity index (χ1n) is 9.88. The van der Waals surface area contributed by atoms with E-state index in [9.17, 15) is 9.90 Å². The van der Waals surface area contributed by atoms with E-state index in [1.54, 1.807) is 19.1 Å². The fourth-order valence-electron chi connectivity index (χ4n) is 3.54. The van der Waals surface area contributed by atoms with E-state index in [0.717, 1.165) is 31.6 Å². The zero-order valence-corrected chi connectivity index (χ0v) is 16.4. The average molecular weight is 395 g/mol. The van der Waals surface area contributed by atoms with Gasteiger partial charge in [0.2, 0.25) is 0 Å². The highest BCUT2D eigenvalue weighted by molar-refractivity contribution is 5.79. The summed E-state index contributed by atoms with van der Waals surface area (Å²) in [6.45, 7) is 4.10. The quantitative estimate of drug-likeness (QED) is 0.661. The molecule has 1 fully saturated rings. The molecule has 6 heteroatoms. The molecule has 0 spiro atoms. The minimum Gasteiger partial charge on any atom is -0.508 e. The van der Waals surface area contributed by atoms with E-state index in [4.69, 9.17) is 14.2 Å². The third kappa shape index (κ3) is 4.54. The highest BCUT2D eigenvalue weighted by Crippen LogP contribution is 2.28. The molecule has 0 saturated carbocycles. The Labute approximate surface area is 169 Å². The van der Waals surface area contributed by atoms with Crippen molar-refractivity contribution in [2.45, 2.75) is 26.4 Å². The molecule has 2 heterocycles. The van der Waals surface area contributed by atoms with Crippen molar-refractivity contribution in [2.75, 3.05) is 19.8 Å². The second-order valence-corrected chi connectivity index (χ2v) is 7.42. The van der Waals surface area contributed by atoms with Gasteiger partial charge >= 0.3 is 0 Å². The highest BCUT2D eigenvalue weighted by atomic mass is 16.5. The third-order valence-electron chi connectivity index (χ3n) is 5.33. The normalized spacial score (nSPS) is 14.8. The number of benzene rings is 2. The van der Waals surface area contributed by atoms with Crippen LogP contribution in [0.1, 0.15) is 24.1 Å². The molecule has 0 bridgehead atoms. The molecule has 1 aliphatic heterocycles. The Hall–Kier alpha value is -2.99. The number of aromatic hydroxyl groups is 1. The molecule has 29 heavy (non-hydrogen) atoms. The van der Waals surface area contributed by atoms with Crippen LogP contribution in [0.4, 0.5) is 0 Å². The summed E-state index contributed by atoms with van der Waals surface area (Å²) in [5.41, 5.74) is 2.11. The molecule has 3 aromatic rings. The molecule has 0 aliphatic carbocycles. The standard InChI is InChI=1S/C23H25NO5/c1-15-22(24-21-5-3-2-4-20(21)23(15)26)14-29-19-11-17(25)10-18(12-19)28-13-16-6-8-27-9-7-16/h2-5,10-12,16,25H,6-9,13-14H2,1H3,(H,24,26). The first-order chi connectivity index (χ1) is 14.1. The first-order valence-corrected chi connectivity index (χ1v) is 9.88. The van der Waals surface area contributed by atoms with Crippen molar-refractivity contribution >= 4 is 10.9 Å². The van der Waals surface area contributed by atoms with Gasteiger partial charge in [0.25, 0.3) is 0 Å². The largest absolute Gasteiger partial charge is 0.508 e. The predicted octanol–water partition coefficient (Wildman–Crippen LogP) is 3.93. The zero-order valence-electron chi connectivity index (χ0n) is 16.4.